The van der Waals surface area contributed by atoms with Gasteiger partial charge >= 0.3 is 0 Å². The summed E-state index contributed by atoms with van der Waals surface area (Å²) in [6.45, 7) is 7.62. The van der Waals surface area contributed by atoms with E-state index in [1.807, 2.05) is 17.0 Å². The quantitative estimate of drug-likeness (QED) is 0.856. The molecule has 1 atom stereocenters. The third-order valence-corrected chi connectivity index (χ3v) is 5.00. The van der Waals surface area contributed by atoms with Crippen molar-refractivity contribution in [3.8, 4) is 0 Å². The van der Waals surface area contributed by atoms with Crippen LogP contribution in [0.2, 0.25) is 0 Å². The Labute approximate surface area is 139 Å². The van der Waals surface area contributed by atoms with E-state index in [-0.39, 0.29) is 5.91 Å². The monoisotopic (exact) mass is 316 g/mol. The maximum absolute atomic E-state index is 12.6. The number of rotatable bonds is 4. The second kappa shape index (κ2) is 7.93. The fourth-order valence-electron chi connectivity index (χ4n) is 3.44. The highest BCUT2D eigenvalue weighted by molar-refractivity contribution is 5.94. The van der Waals surface area contributed by atoms with E-state index >= 15 is 0 Å². The summed E-state index contributed by atoms with van der Waals surface area (Å²) in [6.07, 6.45) is 5.08. The average Bonchev–Trinajstić information content (AvgIpc) is 2.63. The summed E-state index contributed by atoms with van der Waals surface area (Å²) in [5.74, 6) is 0.168. The van der Waals surface area contributed by atoms with Gasteiger partial charge in [0.1, 0.15) is 0 Å². The van der Waals surface area contributed by atoms with Crippen molar-refractivity contribution in [2.45, 2.75) is 38.7 Å². The number of carbonyl (C=O) groups is 1. The molecule has 23 heavy (non-hydrogen) atoms. The van der Waals surface area contributed by atoms with Gasteiger partial charge in [0.15, 0.2) is 0 Å². The lowest BCUT2D eigenvalue weighted by molar-refractivity contribution is -0.0130. The second-order valence-electron chi connectivity index (χ2n) is 6.63. The van der Waals surface area contributed by atoms with Crippen molar-refractivity contribution in [1.82, 2.24) is 9.80 Å². The molecule has 0 spiro atoms. The third-order valence-electron chi connectivity index (χ3n) is 5.00. The molecule has 0 bridgehead atoms. The van der Waals surface area contributed by atoms with E-state index < -0.39 is 0 Å². The zero-order valence-corrected chi connectivity index (χ0v) is 14.2. The van der Waals surface area contributed by atoms with Crippen molar-refractivity contribution in [3.05, 3.63) is 35.4 Å². The highest BCUT2D eigenvalue weighted by atomic mass is 16.5. The van der Waals surface area contributed by atoms with Crippen LogP contribution in [0.1, 0.15) is 42.1 Å². The number of hydrogen-bond acceptors (Lipinski definition) is 3. The summed E-state index contributed by atoms with van der Waals surface area (Å²) in [5.41, 5.74) is 2.09. The van der Waals surface area contributed by atoms with Crippen molar-refractivity contribution in [2.24, 2.45) is 0 Å². The molecule has 2 heterocycles. The van der Waals surface area contributed by atoms with E-state index in [4.69, 9.17) is 4.74 Å². The fourth-order valence-corrected chi connectivity index (χ4v) is 3.44. The molecule has 1 aromatic rings. The minimum absolute atomic E-state index is 0.168. The van der Waals surface area contributed by atoms with E-state index in [2.05, 4.69) is 24.0 Å². The fraction of sp³-hybridized carbons (Fsp3) is 0.632. The van der Waals surface area contributed by atoms with Gasteiger partial charge in [-0.05, 0) is 43.4 Å². The van der Waals surface area contributed by atoms with E-state index in [9.17, 15) is 4.79 Å². The maximum atomic E-state index is 12.6. The number of nitrogens with zero attached hydrogens (tertiary/aromatic N) is 2. The molecule has 3 rings (SSSR count). The Morgan fingerprint density at radius 3 is 2.48 bits per heavy atom. The number of benzene rings is 1. The molecule has 2 fully saturated rings. The van der Waals surface area contributed by atoms with Gasteiger partial charge in [-0.2, -0.15) is 0 Å². The van der Waals surface area contributed by atoms with Crippen molar-refractivity contribution in [2.75, 3.05) is 39.3 Å². The minimum Gasteiger partial charge on any atom is -0.377 e. The molecule has 2 saturated heterocycles. The molecule has 0 radical (unpaired) electrons. The zero-order valence-electron chi connectivity index (χ0n) is 14.2. The summed E-state index contributed by atoms with van der Waals surface area (Å²) in [7, 11) is 0. The third kappa shape index (κ3) is 4.33. The summed E-state index contributed by atoms with van der Waals surface area (Å²) < 4.78 is 5.82. The number of carbonyl (C=O) groups excluding carboxylic acids is 1. The SMILES string of the molecule is CCc1ccc(C(=O)N2CCN(CC3CCCCO3)CC2)cc1. The topological polar surface area (TPSA) is 32.8 Å². The molecule has 2 aliphatic heterocycles. The summed E-state index contributed by atoms with van der Waals surface area (Å²) >= 11 is 0. The van der Waals surface area contributed by atoms with Crippen LogP contribution in [0.25, 0.3) is 0 Å². The van der Waals surface area contributed by atoms with Gasteiger partial charge in [-0.1, -0.05) is 19.1 Å². The number of hydrogen-bond donors (Lipinski definition) is 0. The van der Waals surface area contributed by atoms with Gasteiger partial charge in [0.2, 0.25) is 0 Å². The maximum Gasteiger partial charge on any atom is 0.253 e. The molecule has 2 aliphatic rings. The first-order valence-electron chi connectivity index (χ1n) is 8.98. The van der Waals surface area contributed by atoms with Crippen molar-refractivity contribution < 1.29 is 9.53 Å². The van der Waals surface area contributed by atoms with E-state index in [0.29, 0.717) is 6.10 Å². The van der Waals surface area contributed by atoms with Gasteiger partial charge in [0.05, 0.1) is 6.10 Å². The van der Waals surface area contributed by atoms with Crippen LogP contribution in [0.15, 0.2) is 24.3 Å². The van der Waals surface area contributed by atoms with Gasteiger partial charge in [0.25, 0.3) is 5.91 Å². The lowest BCUT2D eigenvalue weighted by atomic mass is 10.1. The van der Waals surface area contributed by atoms with Crippen LogP contribution in [0.5, 0.6) is 0 Å². The van der Waals surface area contributed by atoms with Crippen LogP contribution in [0, 0.1) is 0 Å². The zero-order chi connectivity index (χ0) is 16.1. The summed E-state index contributed by atoms with van der Waals surface area (Å²) in [4.78, 5) is 17.0. The Bertz CT molecular complexity index is 501. The molecule has 1 amide bonds. The number of piperazine rings is 1. The second-order valence-corrected chi connectivity index (χ2v) is 6.63. The van der Waals surface area contributed by atoms with Crippen molar-refractivity contribution in [1.29, 1.82) is 0 Å². The lowest BCUT2D eigenvalue weighted by Gasteiger charge is -2.37. The Morgan fingerprint density at radius 1 is 1.13 bits per heavy atom. The molecule has 1 aromatic carbocycles. The van der Waals surface area contributed by atoms with Gasteiger partial charge in [-0.15, -0.1) is 0 Å². The van der Waals surface area contributed by atoms with Crippen LogP contribution in [-0.2, 0) is 11.2 Å². The Morgan fingerprint density at radius 2 is 1.87 bits per heavy atom. The van der Waals surface area contributed by atoms with Crippen molar-refractivity contribution in [3.63, 3.8) is 0 Å². The molecule has 126 valence electrons. The standard InChI is InChI=1S/C19H28N2O2/c1-2-16-6-8-17(9-7-16)19(22)21-12-10-20(11-13-21)15-18-5-3-4-14-23-18/h6-9,18H,2-5,10-15H2,1H3. The first-order valence-corrected chi connectivity index (χ1v) is 8.98. The Kier molecular flexibility index (Phi) is 5.68. The number of aryl methyl sites for hydroxylation is 1. The highest BCUT2D eigenvalue weighted by Gasteiger charge is 2.24. The lowest BCUT2D eigenvalue weighted by Crippen LogP contribution is -2.50. The van der Waals surface area contributed by atoms with E-state index in [1.165, 1.54) is 24.8 Å². The van der Waals surface area contributed by atoms with Crippen LogP contribution in [0.3, 0.4) is 0 Å². The first kappa shape index (κ1) is 16.5. The highest BCUT2D eigenvalue weighted by Crippen LogP contribution is 2.16. The summed E-state index contributed by atoms with van der Waals surface area (Å²) in [5, 5.41) is 0. The normalized spacial score (nSPS) is 23.0. The molecule has 0 aromatic heterocycles. The largest absolute Gasteiger partial charge is 0.377 e. The molecule has 0 N–H and O–H groups in total. The molecular formula is C19H28N2O2. The van der Waals surface area contributed by atoms with Crippen LogP contribution in [0.4, 0.5) is 0 Å². The molecule has 0 saturated carbocycles. The van der Waals surface area contributed by atoms with E-state index in [1.54, 1.807) is 0 Å². The van der Waals surface area contributed by atoms with Crippen molar-refractivity contribution >= 4 is 5.91 Å². The predicted octanol–water partition coefficient (Wildman–Crippen LogP) is 2.58. The average molecular weight is 316 g/mol. The number of ether oxygens (including phenoxy) is 1. The van der Waals surface area contributed by atoms with Gasteiger partial charge in [-0.25, -0.2) is 0 Å². The number of amides is 1. The molecule has 4 nitrogen and oxygen atoms in total. The molecule has 4 heteroatoms. The van der Waals surface area contributed by atoms with Crippen LogP contribution < -0.4 is 0 Å². The molecular weight excluding hydrogens is 288 g/mol. The Hall–Kier alpha value is -1.39. The minimum atomic E-state index is 0.168. The van der Waals surface area contributed by atoms with Gasteiger partial charge < -0.3 is 9.64 Å². The molecule has 1 unspecified atom stereocenters. The predicted molar refractivity (Wildman–Crippen MR) is 91.8 cm³/mol. The first-order chi connectivity index (χ1) is 11.3. The van der Waals surface area contributed by atoms with Gasteiger partial charge in [0, 0.05) is 44.9 Å². The summed E-state index contributed by atoms with van der Waals surface area (Å²) in [6, 6.07) is 8.04. The van der Waals surface area contributed by atoms with Crippen LogP contribution >= 0.6 is 0 Å². The Balaban J connectivity index is 1.48. The van der Waals surface area contributed by atoms with Crippen LogP contribution in [-0.4, -0.2) is 61.1 Å². The van der Waals surface area contributed by atoms with Gasteiger partial charge in [-0.3, -0.25) is 9.69 Å². The molecule has 0 aliphatic carbocycles. The smallest absolute Gasteiger partial charge is 0.253 e. The van der Waals surface area contributed by atoms with E-state index in [0.717, 1.165) is 51.3 Å².